The lowest BCUT2D eigenvalue weighted by Crippen LogP contribution is -2.63. The van der Waals surface area contributed by atoms with Gasteiger partial charge in [0.1, 0.15) is 83.7 Å². The van der Waals surface area contributed by atoms with E-state index in [9.17, 15) is 68.4 Å². The smallest absolute Gasteiger partial charge is 0.408 e. The number of hydrogen-bond donors (Lipinski definition) is 19. The normalized spacial score (nSPS) is 25.8. The number of ether oxygens (including phenoxy) is 9. The maximum atomic E-state index is 16.5. The van der Waals surface area contributed by atoms with Gasteiger partial charge in [0.25, 0.3) is 0 Å². The lowest BCUT2D eigenvalue weighted by Gasteiger charge is -2.46. The van der Waals surface area contributed by atoms with Crippen LogP contribution in [-0.2, 0) is 73.9 Å². The van der Waals surface area contributed by atoms with Crippen LogP contribution in [0.4, 0.5) is 4.79 Å². The van der Waals surface area contributed by atoms with Crippen molar-refractivity contribution >= 4 is 75.0 Å². The number of amides is 8. The summed E-state index contributed by atoms with van der Waals surface area (Å²) in [5.41, 5.74) is 3.22. The number of carboxylic acids is 1. The Kier molecular flexibility index (Phi) is 32.4. The number of benzene rings is 6. The van der Waals surface area contributed by atoms with E-state index in [2.05, 4.69) is 66.4 Å². The molecule has 8 aliphatic heterocycles. The number of nitrogens with one attached hydrogen (secondary N) is 10. The van der Waals surface area contributed by atoms with Crippen LogP contribution in [0, 0.1) is 19.8 Å². The van der Waals surface area contributed by atoms with E-state index in [0.29, 0.717) is 37.6 Å². The maximum Gasteiger partial charge on any atom is 0.408 e. The molecule has 14 rings (SSSR count). The van der Waals surface area contributed by atoms with Crippen molar-refractivity contribution in [1.82, 2.24) is 52.6 Å². The first kappa shape index (κ1) is 98.8. The number of aromatic hydroxyl groups is 2. The summed E-state index contributed by atoms with van der Waals surface area (Å²) in [5.74, 6) is -13.4. The van der Waals surface area contributed by atoms with Crippen molar-refractivity contribution in [3.05, 3.63) is 141 Å². The molecular weight excluding hydrogens is 1750 g/mol. The van der Waals surface area contributed by atoms with Crippen molar-refractivity contribution in [2.24, 2.45) is 11.7 Å². The van der Waals surface area contributed by atoms with E-state index < -0.39 is 225 Å². The molecule has 11 bridgehead atoms. The van der Waals surface area contributed by atoms with Crippen LogP contribution in [0.15, 0.2) is 95.9 Å². The van der Waals surface area contributed by atoms with Crippen molar-refractivity contribution in [3.63, 3.8) is 0 Å². The molecule has 6 aromatic rings. The number of unbranched alkanes of at least 4 members (excludes halogenated alkanes) is 5. The van der Waals surface area contributed by atoms with Crippen molar-refractivity contribution in [2.75, 3.05) is 40.0 Å². The number of rotatable bonds is 32. The van der Waals surface area contributed by atoms with E-state index in [1.165, 1.54) is 63.4 Å². The molecule has 131 heavy (non-hydrogen) atoms. The number of carbonyl (C=O) groups is 9. The van der Waals surface area contributed by atoms with E-state index in [1.807, 2.05) is 13.8 Å². The predicted molar refractivity (Wildman–Crippen MR) is 468 cm³/mol. The molecule has 3 saturated heterocycles. The van der Waals surface area contributed by atoms with Gasteiger partial charge >= 0.3 is 12.1 Å². The van der Waals surface area contributed by atoms with Gasteiger partial charge < -0.3 is 137 Å². The van der Waals surface area contributed by atoms with Gasteiger partial charge in [-0.1, -0.05) is 83.2 Å². The number of phenols is 2. The number of fused-ring (bicyclic) bond motifs is 16. The molecule has 41 heteroatoms. The fraction of sp³-hybridized carbons (Fsp3) is 0.500. The number of carboxylic acid groups (broad SMARTS) is 1. The quantitative estimate of drug-likeness (QED) is 0.0243. The van der Waals surface area contributed by atoms with Gasteiger partial charge in [0, 0.05) is 36.7 Å². The number of alkyl carbamates (subject to hydrolysis) is 1. The van der Waals surface area contributed by atoms with Crippen LogP contribution >= 0.6 is 11.6 Å². The number of halogens is 1. The number of aliphatic carboxylic acids is 1. The molecule has 0 saturated carbocycles. The summed E-state index contributed by atoms with van der Waals surface area (Å²) in [4.78, 5) is 133. The highest BCUT2D eigenvalue weighted by molar-refractivity contribution is 7.89. The lowest BCUT2D eigenvalue weighted by atomic mass is 9.85. The summed E-state index contributed by atoms with van der Waals surface area (Å²) in [6.07, 6.45) is -12.6. The third-order valence-electron chi connectivity index (χ3n) is 23.8. The van der Waals surface area contributed by atoms with E-state index in [1.54, 1.807) is 19.9 Å². The number of nitrogens with two attached hydrogens (primary N) is 1. The highest BCUT2D eigenvalue weighted by Crippen LogP contribution is 2.50. The highest BCUT2D eigenvalue weighted by Gasteiger charge is 2.56. The number of carbonyl (C=O) groups excluding carboxylic acids is 8. The van der Waals surface area contributed by atoms with Crippen LogP contribution in [-0.4, -0.2) is 222 Å². The predicted octanol–water partition coefficient (Wildman–Crippen LogP) is 5.14. The summed E-state index contributed by atoms with van der Waals surface area (Å²) in [6.45, 7) is 13.9. The summed E-state index contributed by atoms with van der Waals surface area (Å²) < 4.78 is 87.2. The van der Waals surface area contributed by atoms with Gasteiger partial charge in [0.2, 0.25) is 63.4 Å². The molecule has 39 nitrogen and oxygen atoms in total. The zero-order valence-corrected chi connectivity index (χ0v) is 75.3. The second-order valence-corrected chi connectivity index (χ2v) is 36.2. The molecule has 8 heterocycles. The van der Waals surface area contributed by atoms with Gasteiger partial charge in [0.05, 0.1) is 53.8 Å². The van der Waals surface area contributed by atoms with E-state index >= 15 is 24.0 Å². The molecule has 3 fully saturated rings. The Bertz CT molecular complexity index is 5360. The monoisotopic (exact) mass is 1860 g/mol. The minimum Gasteiger partial charge on any atom is -0.508 e. The number of likely N-dealkylation sites (N-methyl/N-ethyl adjacent to an activating group) is 1. The molecule has 0 aromatic heterocycles. The van der Waals surface area contributed by atoms with Gasteiger partial charge in [-0.2, -0.15) is 0 Å². The first-order valence-electron chi connectivity index (χ1n) is 43.5. The zero-order chi connectivity index (χ0) is 94.8. The molecule has 710 valence electrons. The molecule has 0 radical (unpaired) electrons. The number of aryl methyl sites for hydroxylation is 1. The Morgan fingerprint density at radius 3 is 2.00 bits per heavy atom. The average molecular weight is 1870 g/mol. The summed E-state index contributed by atoms with van der Waals surface area (Å²) in [7, 11) is -2.57. The molecule has 8 aliphatic rings. The minimum atomic E-state index is -4.07. The first-order valence-corrected chi connectivity index (χ1v) is 45.4. The largest absolute Gasteiger partial charge is 0.508 e. The number of primary amides is 1. The first-order chi connectivity index (χ1) is 62.3. The van der Waals surface area contributed by atoms with Crippen LogP contribution < -0.4 is 82.0 Å². The van der Waals surface area contributed by atoms with Crippen molar-refractivity contribution in [1.29, 1.82) is 0 Å². The summed E-state index contributed by atoms with van der Waals surface area (Å²) in [5, 5.41) is 119. The second-order valence-electron chi connectivity index (χ2n) is 34.0. The molecule has 0 spiro atoms. The topological polar surface area (TPSA) is 579 Å². The van der Waals surface area contributed by atoms with Crippen LogP contribution in [0.5, 0.6) is 51.7 Å². The van der Waals surface area contributed by atoms with Crippen LogP contribution in [0.2, 0.25) is 5.02 Å². The van der Waals surface area contributed by atoms with Gasteiger partial charge in [0.15, 0.2) is 47.5 Å². The number of hydrogen-bond acceptors (Lipinski definition) is 29. The summed E-state index contributed by atoms with van der Waals surface area (Å²) >= 11 is 7.22. The van der Waals surface area contributed by atoms with Crippen LogP contribution in [0.3, 0.4) is 0 Å². The van der Waals surface area contributed by atoms with Crippen molar-refractivity contribution in [3.8, 4) is 62.9 Å². The van der Waals surface area contributed by atoms with E-state index in [0.717, 1.165) is 81.0 Å². The zero-order valence-electron chi connectivity index (χ0n) is 73.7. The minimum absolute atomic E-state index is 0.00479. The number of aliphatic hydroxyl groups is 5. The van der Waals surface area contributed by atoms with Gasteiger partial charge in [-0.05, 0) is 191 Å². The average Bonchev–Trinajstić information content (AvgIpc) is 1.57. The molecule has 0 aliphatic carbocycles. The molecule has 0 unspecified atom stereocenters. The Morgan fingerprint density at radius 2 is 1.34 bits per heavy atom. The maximum absolute atomic E-state index is 16.5. The Balaban J connectivity index is 0.973. The fourth-order valence-electron chi connectivity index (χ4n) is 16.7. The van der Waals surface area contributed by atoms with Crippen LogP contribution in [0.25, 0.3) is 11.1 Å². The third kappa shape index (κ3) is 22.9. The van der Waals surface area contributed by atoms with Gasteiger partial charge in [-0.15, -0.1) is 0 Å². The standard InChI is InChI=1S/C90H114ClN11O28S/c1-10-12-16-28-122-61-25-21-50(36-62(61)123-29-17-13-11-2)131(120,121)95-27-15-14-26-94-40-53-44(6)68-51-32-46(18-22-57(51)104)69-83(113)101-73(86(116)99-71(87(117)118)52(68)37-58(53)105)75(108)48-20-24-60(54(91)33-48)126-64-35-49-34-63(78(64)129-88-79(77(110)76(109)65(41-103)127-88)128-67-39-90(8)80(45(7)124-67)130-89(119)102-90)125-59-23-19-47(31-43(59)5)74(107)72(100-81(111)55(93-9)30-42(3)4)85(115)96-56(38-66(92)106)82(112)97-70(49)84(114)98-69/h18-25,31-37,42,45,55-56,65,67,69-77,79-80,88,93-95,103-105,107-110H,10-17,26-30,38-41H2,1-9H3,(H2,92,106)(H,96,115)(H,97,112)(H,98,114)(H,99,116)(H,100,111)(H,101,113)(H,102,119)(H,117,118)/t45-,55+,56-,65+,67-,69+,70+,71-,72+,73-,74+,75+,76+,77-,79+,80+,88-,90-/m0/s1. The molecule has 18 atom stereocenters. The van der Waals surface area contributed by atoms with Crippen LogP contribution in [0.1, 0.15) is 187 Å². The number of aliphatic hydroxyl groups excluding tert-OH is 5. The number of phenolic OH excluding ortho intramolecular Hbond substituents is 2. The molecule has 8 amide bonds. The molecule has 6 aromatic carbocycles. The van der Waals surface area contributed by atoms with Gasteiger partial charge in [-0.25, -0.2) is 22.7 Å². The van der Waals surface area contributed by atoms with Crippen molar-refractivity contribution in [2.45, 2.75) is 247 Å². The molecule has 20 N–H and O–H groups in total. The highest BCUT2D eigenvalue weighted by atomic mass is 35.5. The SMILES string of the molecule is CCCCCOc1ccc(S(=O)(=O)NCCCCNCc2c(O)cc3c(c2C)-c2cc(ccc2O)[C@H]2NC(=O)[C@@H]4NC(=O)[C@H](CC(N)=O)NC(=O)[C@H](NC(=O)[C@@H](CC(C)C)NC)[C@H](O)c5ccc(c(C)c5)Oc5cc4cc(c5O[C@@H]4O[C@H](CO)[C@@H](O)[C@H](O)[C@H]4O[C@H]4C[C@]5(C)NC(=O)O[C@@H]5[C@H](C)O4)Oc4ccc(cc4Cl)[C@@H](O)[C@H](NC2=O)C(=O)N[C@@H]3C(=O)O)cc1OCCCCC. The second kappa shape index (κ2) is 43.0. The third-order valence-corrected chi connectivity index (χ3v) is 25.5. The van der Waals surface area contributed by atoms with E-state index in [-0.39, 0.29) is 105 Å². The Hall–Kier alpha value is -11.2. The fourth-order valence-corrected chi connectivity index (χ4v) is 18.0. The molecular formula is C90H114ClN11O28S. The lowest BCUT2D eigenvalue weighted by molar-refractivity contribution is -0.332. The Morgan fingerprint density at radius 1 is 0.695 bits per heavy atom. The van der Waals surface area contributed by atoms with E-state index in [4.69, 9.17) is 60.0 Å². The van der Waals surface area contributed by atoms with Gasteiger partial charge in [-0.3, -0.25) is 33.6 Å². The Labute approximate surface area is 760 Å². The summed E-state index contributed by atoms with van der Waals surface area (Å²) in [6, 6.07) is 4.38. The van der Waals surface area contributed by atoms with Crippen molar-refractivity contribution < 1.29 is 135 Å². The number of sulfonamides is 1.